The van der Waals surface area contributed by atoms with Crippen molar-refractivity contribution in [2.45, 2.75) is 51.9 Å². The second-order valence-corrected chi connectivity index (χ2v) is 8.09. The van der Waals surface area contributed by atoms with Crippen molar-refractivity contribution in [3.8, 4) is 5.88 Å². The third kappa shape index (κ3) is 4.54. The van der Waals surface area contributed by atoms with Crippen molar-refractivity contribution in [3.63, 3.8) is 0 Å². The van der Waals surface area contributed by atoms with Crippen LogP contribution in [0.15, 0.2) is 16.9 Å². The fraction of sp³-hybridized carbons (Fsp3) is 0.700. The van der Waals surface area contributed by atoms with Gasteiger partial charge >= 0.3 is 6.01 Å². The Labute approximate surface area is 166 Å². The molecule has 2 aliphatic rings. The van der Waals surface area contributed by atoms with Crippen LogP contribution in [0.25, 0.3) is 0 Å². The summed E-state index contributed by atoms with van der Waals surface area (Å²) in [5.41, 5.74) is 0. The summed E-state index contributed by atoms with van der Waals surface area (Å²) < 4.78 is 11.3. The number of anilines is 2. The molecule has 2 fully saturated rings. The number of nitrogens with zero attached hydrogens (tertiary/aromatic N) is 6. The Hall–Kier alpha value is -2.38. The van der Waals surface area contributed by atoms with Gasteiger partial charge in [0.1, 0.15) is 5.82 Å². The first-order chi connectivity index (χ1) is 13.7. The third-order valence-electron chi connectivity index (χ3n) is 5.59. The highest BCUT2D eigenvalue weighted by atomic mass is 16.5. The van der Waals surface area contributed by atoms with Gasteiger partial charge < -0.3 is 19.1 Å². The summed E-state index contributed by atoms with van der Waals surface area (Å²) in [6.45, 7) is 8.78. The van der Waals surface area contributed by atoms with Gasteiger partial charge in [0.25, 0.3) is 0 Å². The Morgan fingerprint density at radius 2 is 1.82 bits per heavy atom. The van der Waals surface area contributed by atoms with Crippen molar-refractivity contribution in [1.82, 2.24) is 20.1 Å². The van der Waals surface area contributed by atoms with E-state index in [0.29, 0.717) is 24.4 Å². The number of hydrogen-bond acceptors (Lipinski definition) is 8. The highest BCUT2D eigenvalue weighted by molar-refractivity contribution is 5.36. The lowest BCUT2D eigenvalue weighted by Gasteiger charge is -2.30. The number of rotatable bonds is 6. The van der Waals surface area contributed by atoms with E-state index >= 15 is 0 Å². The minimum Gasteiger partial charge on any atom is -0.476 e. The van der Waals surface area contributed by atoms with E-state index in [2.05, 4.69) is 43.8 Å². The van der Waals surface area contributed by atoms with Crippen LogP contribution in [0.1, 0.15) is 57.7 Å². The fourth-order valence-electron chi connectivity index (χ4n) is 3.75. The zero-order chi connectivity index (χ0) is 19.3. The molecule has 0 bridgehead atoms. The molecule has 4 rings (SSSR count). The second kappa shape index (κ2) is 8.75. The van der Waals surface area contributed by atoms with Gasteiger partial charge in [0.15, 0.2) is 5.82 Å². The average Bonchev–Trinajstić information content (AvgIpc) is 3.24. The normalized spacial score (nSPS) is 18.7. The Bertz CT molecular complexity index is 733. The zero-order valence-corrected chi connectivity index (χ0v) is 16.9. The van der Waals surface area contributed by atoms with Crippen LogP contribution in [0.3, 0.4) is 0 Å². The zero-order valence-electron chi connectivity index (χ0n) is 16.9. The van der Waals surface area contributed by atoms with Crippen LogP contribution in [-0.4, -0.2) is 52.9 Å². The summed E-state index contributed by atoms with van der Waals surface area (Å²) >= 11 is 0. The van der Waals surface area contributed by atoms with Crippen molar-refractivity contribution in [1.29, 1.82) is 0 Å². The minimum atomic E-state index is 0.283. The molecule has 0 atom stereocenters. The van der Waals surface area contributed by atoms with Crippen LogP contribution in [-0.2, 0) is 0 Å². The molecule has 4 heterocycles. The minimum absolute atomic E-state index is 0.283. The van der Waals surface area contributed by atoms with E-state index < -0.39 is 0 Å². The van der Waals surface area contributed by atoms with Gasteiger partial charge in [0, 0.05) is 32.1 Å². The summed E-state index contributed by atoms with van der Waals surface area (Å²) in [6, 6.07) is 0.641. The molecule has 0 spiro atoms. The maximum absolute atomic E-state index is 5.90. The highest BCUT2D eigenvalue weighted by Gasteiger charge is 2.24. The number of piperidine rings is 2. The summed E-state index contributed by atoms with van der Waals surface area (Å²) in [7, 11) is 0. The van der Waals surface area contributed by atoms with Gasteiger partial charge in [0.2, 0.25) is 5.88 Å². The van der Waals surface area contributed by atoms with Crippen LogP contribution in [0.4, 0.5) is 11.8 Å². The summed E-state index contributed by atoms with van der Waals surface area (Å²) in [5.74, 6) is 3.13. The molecule has 0 aliphatic carbocycles. The van der Waals surface area contributed by atoms with E-state index in [1.807, 2.05) is 6.20 Å². The van der Waals surface area contributed by atoms with Crippen LogP contribution in [0.5, 0.6) is 5.88 Å². The van der Waals surface area contributed by atoms with Crippen molar-refractivity contribution in [2.75, 3.05) is 42.6 Å². The van der Waals surface area contributed by atoms with Gasteiger partial charge in [-0.05, 0) is 38.0 Å². The Morgan fingerprint density at radius 1 is 1.04 bits per heavy atom. The summed E-state index contributed by atoms with van der Waals surface area (Å²) in [5, 5.41) is 4.06. The molecule has 152 valence electrons. The molecule has 8 heteroatoms. The maximum atomic E-state index is 5.90. The molecule has 2 aromatic rings. The van der Waals surface area contributed by atoms with Crippen LogP contribution in [0.2, 0.25) is 0 Å². The van der Waals surface area contributed by atoms with Gasteiger partial charge in [0.05, 0.1) is 19.0 Å². The molecule has 0 aromatic carbocycles. The van der Waals surface area contributed by atoms with Crippen LogP contribution in [0, 0.1) is 5.92 Å². The SMILES string of the molecule is CC(C)c1noc(N2CCC(COc3cnc(N4CCCCC4)cn3)CC2)n1. The lowest BCUT2D eigenvalue weighted by molar-refractivity contribution is 0.213. The molecular formula is C20H30N6O2. The standard InChI is InChI=1S/C20H30N6O2/c1-15(2)19-23-20(28-24-19)26-10-6-16(7-11-26)14-27-18-13-21-17(12-22-18)25-8-4-3-5-9-25/h12-13,15-16H,3-11,14H2,1-2H3. The Morgan fingerprint density at radius 3 is 2.46 bits per heavy atom. The van der Waals surface area contributed by atoms with E-state index in [1.165, 1.54) is 19.3 Å². The first kappa shape index (κ1) is 19.0. The van der Waals surface area contributed by atoms with Crippen molar-refractivity contribution in [2.24, 2.45) is 5.92 Å². The maximum Gasteiger partial charge on any atom is 0.324 e. The molecule has 0 N–H and O–H groups in total. The van der Waals surface area contributed by atoms with Crippen molar-refractivity contribution >= 4 is 11.8 Å². The fourth-order valence-corrected chi connectivity index (χ4v) is 3.75. The predicted octanol–water partition coefficient (Wildman–Crippen LogP) is 3.27. The van der Waals surface area contributed by atoms with Crippen molar-refractivity contribution < 1.29 is 9.26 Å². The smallest absolute Gasteiger partial charge is 0.324 e. The molecule has 0 saturated carbocycles. The van der Waals surface area contributed by atoms with E-state index in [1.54, 1.807) is 6.20 Å². The van der Waals surface area contributed by atoms with E-state index in [-0.39, 0.29) is 5.92 Å². The first-order valence-corrected chi connectivity index (χ1v) is 10.5. The number of aromatic nitrogens is 4. The Balaban J connectivity index is 1.22. The number of ether oxygens (including phenoxy) is 1. The monoisotopic (exact) mass is 386 g/mol. The van der Waals surface area contributed by atoms with E-state index in [9.17, 15) is 0 Å². The van der Waals surface area contributed by atoms with Gasteiger partial charge in [-0.25, -0.2) is 9.97 Å². The summed E-state index contributed by atoms with van der Waals surface area (Å²) in [4.78, 5) is 18.0. The molecule has 8 nitrogen and oxygen atoms in total. The van der Waals surface area contributed by atoms with Gasteiger partial charge in [-0.2, -0.15) is 4.98 Å². The van der Waals surface area contributed by atoms with E-state index in [4.69, 9.17) is 9.26 Å². The highest BCUT2D eigenvalue weighted by Crippen LogP contribution is 2.24. The molecule has 28 heavy (non-hydrogen) atoms. The predicted molar refractivity (Wildman–Crippen MR) is 107 cm³/mol. The molecule has 2 aliphatic heterocycles. The average molecular weight is 387 g/mol. The third-order valence-corrected chi connectivity index (χ3v) is 5.59. The quantitative estimate of drug-likeness (QED) is 0.748. The lowest BCUT2D eigenvalue weighted by atomic mass is 9.98. The van der Waals surface area contributed by atoms with Gasteiger partial charge in [-0.1, -0.05) is 19.0 Å². The molecule has 0 radical (unpaired) electrons. The summed E-state index contributed by atoms with van der Waals surface area (Å²) in [6.07, 6.45) is 9.46. The molecule has 0 unspecified atom stereocenters. The lowest BCUT2D eigenvalue weighted by Crippen LogP contribution is -2.35. The Kier molecular flexibility index (Phi) is 5.92. The number of hydrogen-bond donors (Lipinski definition) is 0. The molecule has 0 amide bonds. The largest absolute Gasteiger partial charge is 0.476 e. The van der Waals surface area contributed by atoms with Crippen LogP contribution < -0.4 is 14.5 Å². The van der Waals surface area contributed by atoms with Gasteiger partial charge in [-0.15, -0.1) is 0 Å². The van der Waals surface area contributed by atoms with Crippen molar-refractivity contribution in [3.05, 3.63) is 18.2 Å². The molecule has 2 aromatic heterocycles. The molecule has 2 saturated heterocycles. The van der Waals surface area contributed by atoms with E-state index in [0.717, 1.165) is 50.7 Å². The topological polar surface area (TPSA) is 80.4 Å². The second-order valence-electron chi connectivity index (χ2n) is 8.09. The first-order valence-electron chi connectivity index (χ1n) is 10.5. The van der Waals surface area contributed by atoms with Gasteiger partial charge in [-0.3, -0.25) is 0 Å². The molecular weight excluding hydrogens is 356 g/mol. The van der Waals surface area contributed by atoms with Crippen LogP contribution >= 0.6 is 0 Å².